The Labute approximate surface area is 192 Å². The molecule has 0 fully saturated rings. The monoisotopic (exact) mass is 449 g/mol. The van der Waals surface area contributed by atoms with Gasteiger partial charge in [0.05, 0.1) is 21.8 Å². The Balaban J connectivity index is 2.03. The van der Waals surface area contributed by atoms with Crippen LogP contribution in [0.5, 0.6) is 0 Å². The summed E-state index contributed by atoms with van der Waals surface area (Å²) in [6, 6.07) is 12.6. The van der Waals surface area contributed by atoms with Crippen LogP contribution >= 0.6 is 23.1 Å². The van der Waals surface area contributed by atoms with Gasteiger partial charge in [-0.15, -0.1) is 23.1 Å². The summed E-state index contributed by atoms with van der Waals surface area (Å²) in [5.41, 5.74) is 11.7. The molecule has 4 nitrogen and oxygen atoms in total. The maximum atomic E-state index is 13.6. The van der Waals surface area contributed by atoms with Gasteiger partial charge in [-0.3, -0.25) is 9.69 Å². The van der Waals surface area contributed by atoms with Gasteiger partial charge in [0.15, 0.2) is 5.78 Å². The minimum Gasteiger partial charge on any atom is -0.384 e. The molecule has 6 heteroatoms. The summed E-state index contributed by atoms with van der Waals surface area (Å²) >= 11 is 3.37. The Morgan fingerprint density at radius 3 is 2.65 bits per heavy atom. The lowest BCUT2D eigenvalue weighted by molar-refractivity contribution is -0.118. The lowest BCUT2D eigenvalue weighted by Crippen LogP contribution is -2.42. The first-order chi connectivity index (χ1) is 14.7. The molecule has 1 aliphatic heterocycles. The summed E-state index contributed by atoms with van der Waals surface area (Å²) < 4.78 is 1.14. The van der Waals surface area contributed by atoms with Crippen LogP contribution < -0.4 is 10.6 Å². The summed E-state index contributed by atoms with van der Waals surface area (Å²) in [5, 5.41) is 10.2. The summed E-state index contributed by atoms with van der Waals surface area (Å²) in [6.45, 7) is 8.35. The summed E-state index contributed by atoms with van der Waals surface area (Å²) in [7, 11) is 0. The minimum atomic E-state index is -0.406. The highest BCUT2D eigenvalue weighted by Gasteiger charge is 2.45. The number of allylic oxidation sites excluding steroid dienone is 3. The molecule has 1 atom stereocenters. The number of rotatable bonds is 3. The van der Waals surface area contributed by atoms with Crippen LogP contribution in [-0.2, 0) is 4.79 Å². The maximum Gasteiger partial charge on any atom is 0.162 e. The molecular formula is C25H27N3OS2. The molecule has 31 heavy (non-hydrogen) atoms. The third-order valence-corrected chi connectivity index (χ3v) is 8.20. The number of Topliss-reactive ketones (excluding diaryl/α,β-unsaturated/α-hetero) is 1. The second kappa shape index (κ2) is 7.89. The molecule has 0 radical (unpaired) electrons. The van der Waals surface area contributed by atoms with Gasteiger partial charge in [0.1, 0.15) is 5.82 Å². The number of thiophene rings is 1. The number of nitrogens with two attached hydrogens (primary N) is 1. The van der Waals surface area contributed by atoms with Crippen molar-refractivity contribution in [2.24, 2.45) is 11.1 Å². The quantitative estimate of drug-likeness (QED) is 0.580. The number of nitrogens with zero attached hydrogens (tertiary/aromatic N) is 2. The van der Waals surface area contributed by atoms with Crippen molar-refractivity contribution >= 4 is 34.6 Å². The topological polar surface area (TPSA) is 70.1 Å². The number of thioether (sulfide) groups is 1. The molecule has 2 N–H and O–H groups in total. The zero-order valence-electron chi connectivity index (χ0n) is 18.6. The Morgan fingerprint density at radius 1 is 1.26 bits per heavy atom. The van der Waals surface area contributed by atoms with Gasteiger partial charge >= 0.3 is 0 Å². The largest absolute Gasteiger partial charge is 0.384 e. The first-order valence-electron chi connectivity index (χ1n) is 10.3. The number of hydrogen-bond acceptors (Lipinski definition) is 6. The second-order valence-corrected chi connectivity index (χ2v) is 11.5. The molecule has 0 bridgehead atoms. The third-order valence-electron chi connectivity index (χ3n) is 5.99. The van der Waals surface area contributed by atoms with Crippen LogP contribution in [0.2, 0.25) is 0 Å². The van der Waals surface area contributed by atoms with Crippen molar-refractivity contribution in [3.8, 4) is 6.07 Å². The molecule has 2 aromatic rings. The molecule has 0 saturated carbocycles. The van der Waals surface area contributed by atoms with E-state index in [-0.39, 0.29) is 11.2 Å². The standard InChI is InChI=1S/C25H27N3OS2/c1-14-7-6-8-16(9-14)28-19-11-25(3,4)12-20(29)22(19)21(18(13-26)23(28)27)17-10-15(2)31-24(17)30-5/h6-10,21H,11-12,27H2,1-5H3. The van der Waals surface area contributed by atoms with Crippen LogP contribution in [0.3, 0.4) is 0 Å². The van der Waals surface area contributed by atoms with Gasteiger partial charge < -0.3 is 5.73 Å². The van der Waals surface area contributed by atoms with E-state index in [9.17, 15) is 10.1 Å². The fourth-order valence-electron chi connectivity index (χ4n) is 4.76. The van der Waals surface area contributed by atoms with Crippen molar-refractivity contribution in [3.63, 3.8) is 0 Å². The molecule has 0 saturated heterocycles. The SMILES string of the molecule is CSc1sc(C)cc1C1C(C#N)=C(N)N(c2cccc(C)c2)C2=C1C(=O)CC(C)(C)C2. The van der Waals surface area contributed by atoms with Gasteiger partial charge in [-0.25, -0.2) is 0 Å². The van der Waals surface area contributed by atoms with E-state index in [1.807, 2.05) is 36.3 Å². The number of anilines is 1. The zero-order chi connectivity index (χ0) is 22.5. The van der Waals surface area contributed by atoms with Crippen molar-refractivity contribution in [2.75, 3.05) is 11.2 Å². The fourth-order valence-corrected chi connectivity index (χ4v) is 6.67. The molecule has 4 rings (SSSR count). The van der Waals surface area contributed by atoms with E-state index >= 15 is 0 Å². The maximum absolute atomic E-state index is 13.6. The normalized spacial score (nSPS) is 20.7. The molecule has 1 aromatic carbocycles. The van der Waals surface area contributed by atoms with Crippen LogP contribution in [-0.4, -0.2) is 12.0 Å². The van der Waals surface area contributed by atoms with Crippen molar-refractivity contribution in [1.82, 2.24) is 0 Å². The third kappa shape index (κ3) is 3.71. The first-order valence-corrected chi connectivity index (χ1v) is 12.4. The lowest BCUT2D eigenvalue weighted by Gasteiger charge is -2.43. The minimum absolute atomic E-state index is 0.116. The molecule has 1 aliphatic carbocycles. The molecule has 1 aromatic heterocycles. The molecule has 0 spiro atoms. The smallest absolute Gasteiger partial charge is 0.162 e. The van der Waals surface area contributed by atoms with Crippen molar-refractivity contribution in [1.29, 1.82) is 5.26 Å². The Hall–Kier alpha value is -2.49. The van der Waals surface area contributed by atoms with Crippen LogP contribution in [0.15, 0.2) is 57.2 Å². The molecule has 2 aliphatic rings. The highest BCUT2D eigenvalue weighted by Crippen LogP contribution is 2.52. The van der Waals surface area contributed by atoms with Crippen molar-refractivity contribution in [3.05, 3.63) is 69.0 Å². The van der Waals surface area contributed by atoms with Crippen LogP contribution in [0.4, 0.5) is 5.69 Å². The number of nitriles is 1. The molecule has 1 unspecified atom stereocenters. The van der Waals surface area contributed by atoms with Gasteiger partial charge in [0, 0.05) is 28.3 Å². The lowest BCUT2D eigenvalue weighted by atomic mass is 9.69. The molecule has 0 amide bonds. The predicted molar refractivity (Wildman–Crippen MR) is 129 cm³/mol. The van der Waals surface area contributed by atoms with Gasteiger partial charge in [-0.05, 0) is 61.3 Å². The van der Waals surface area contributed by atoms with E-state index in [1.54, 1.807) is 23.1 Å². The number of benzene rings is 1. The van der Waals surface area contributed by atoms with E-state index in [1.165, 1.54) is 4.88 Å². The number of carbonyl (C=O) groups excluding carboxylic acids is 1. The first kappa shape index (κ1) is 21.7. The number of carbonyl (C=O) groups is 1. The van der Waals surface area contributed by atoms with Crippen LogP contribution in [0, 0.1) is 30.6 Å². The summed E-state index contributed by atoms with van der Waals surface area (Å²) in [6.07, 6.45) is 3.24. The van der Waals surface area contributed by atoms with Crippen LogP contribution in [0.25, 0.3) is 0 Å². The molecule has 160 valence electrons. The molecule has 2 heterocycles. The Kier molecular flexibility index (Phi) is 5.53. The second-order valence-electron chi connectivity index (χ2n) is 9.12. The van der Waals surface area contributed by atoms with E-state index in [0.29, 0.717) is 17.8 Å². The number of ketones is 1. The van der Waals surface area contributed by atoms with Gasteiger partial charge in [-0.2, -0.15) is 5.26 Å². The summed E-state index contributed by atoms with van der Waals surface area (Å²) in [5.74, 6) is 0.139. The van der Waals surface area contributed by atoms with E-state index in [2.05, 4.69) is 39.0 Å². The fraction of sp³-hybridized carbons (Fsp3) is 0.360. The number of hydrogen-bond donors (Lipinski definition) is 1. The van der Waals surface area contributed by atoms with Crippen molar-refractivity contribution < 1.29 is 4.79 Å². The van der Waals surface area contributed by atoms with Gasteiger partial charge in [0.25, 0.3) is 0 Å². The van der Waals surface area contributed by atoms with Gasteiger partial charge in [-0.1, -0.05) is 26.0 Å². The Bertz CT molecular complexity index is 1180. The summed E-state index contributed by atoms with van der Waals surface area (Å²) in [4.78, 5) is 16.7. The van der Waals surface area contributed by atoms with E-state index < -0.39 is 5.92 Å². The molecular weight excluding hydrogens is 422 g/mol. The van der Waals surface area contributed by atoms with Gasteiger partial charge in [0.2, 0.25) is 0 Å². The highest BCUT2D eigenvalue weighted by molar-refractivity contribution is 8.00. The zero-order valence-corrected chi connectivity index (χ0v) is 20.2. The van der Waals surface area contributed by atoms with Crippen molar-refractivity contribution in [2.45, 2.75) is 50.7 Å². The Morgan fingerprint density at radius 2 is 2.00 bits per heavy atom. The van der Waals surface area contributed by atoms with Crippen LogP contribution in [0.1, 0.15) is 48.6 Å². The average Bonchev–Trinajstić information content (AvgIpc) is 3.06. The van der Waals surface area contributed by atoms with E-state index in [4.69, 9.17) is 5.73 Å². The predicted octanol–water partition coefficient (Wildman–Crippen LogP) is 6.03. The number of aryl methyl sites for hydroxylation is 2. The highest BCUT2D eigenvalue weighted by atomic mass is 32.2. The average molecular weight is 450 g/mol. The van der Waals surface area contributed by atoms with E-state index in [0.717, 1.165) is 38.7 Å².